The van der Waals surface area contributed by atoms with Crippen LogP contribution in [0.1, 0.15) is 11.1 Å². The highest BCUT2D eigenvalue weighted by Gasteiger charge is 2.01. The molecule has 0 radical (unpaired) electrons. The van der Waals surface area contributed by atoms with E-state index in [9.17, 15) is 4.39 Å². The Morgan fingerprint density at radius 1 is 1.14 bits per heavy atom. The Morgan fingerprint density at radius 3 is 2.64 bits per heavy atom. The van der Waals surface area contributed by atoms with Crippen molar-refractivity contribution in [3.63, 3.8) is 0 Å². The van der Waals surface area contributed by atoms with Gasteiger partial charge in [0.05, 0.1) is 11.6 Å². The molecule has 0 unspecified atom stereocenters. The third-order valence-electron chi connectivity index (χ3n) is 2.27. The summed E-state index contributed by atoms with van der Waals surface area (Å²) in [5.41, 5.74) is 1.52. The summed E-state index contributed by atoms with van der Waals surface area (Å²) < 4.78 is 12.9. The molecule has 1 nitrogen and oxygen atoms in total. The quantitative estimate of drug-likeness (QED) is 0.618. The number of benzene rings is 2. The number of nitrogens with zero attached hydrogens (tertiary/aromatic N) is 1. The average molecular weight is 185 g/mol. The standard InChI is InChI=1S/C12H8FN/c1-8-4-10-6-12(13)3-2-9(10)5-11(8)7-14/h2-6H,1H3. The maximum Gasteiger partial charge on any atom is 0.123 e. The van der Waals surface area contributed by atoms with Crippen LogP contribution >= 0.6 is 0 Å². The van der Waals surface area contributed by atoms with Crippen molar-refractivity contribution in [3.05, 3.63) is 47.3 Å². The van der Waals surface area contributed by atoms with Gasteiger partial charge in [0.2, 0.25) is 0 Å². The smallest absolute Gasteiger partial charge is 0.123 e. The van der Waals surface area contributed by atoms with Crippen molar-refractivity contribution in [2.24, 2.45) is 0 Å². The van der Waals surface area contributed by atoms with Gasteiger partial charge in [-0.25, -0.2) is 4.39 Å². The summed E-state index contributed by atoms with van der Waals surface area (Å²) in [6.07, 6.45) is 0. The van der Waals surface area contributed by atoms with Crippen LogP contribution in [0.25, 0.3) is 10.8 Å². The van der Waals surface area contributed by atoms with Gasteiger partial charge >= 0.3 is 0 Å². The molecule has 68 valence electrons. The van der Waals surface area contributed by atoms with Crippen molar-refractivity contribution in [3.8, 4) is 6.07 Å². The Kier molecular flexibility index (Phi) is 1.94. The van der Waals surface area contributed by atoms with E-state index in [0.717, 1.165) is 16.3 Å². The van der Waals surface area contributed by atoms with Gasteiger partial charge in [-0.05, 0) is 41.5 Å². The first-order chi connectivity index (χ1) is 6.70. The predicted molar refractivity (Wildman–Crippen MR) is 53.4 cm³/mol. The van der Waals surface area contributed by atoms with Crippen LogP contribution < -0.4 is 0 Å². The number of rotatable bonds is 0. The zero-order valence-corrected chi connectivity index (χ0v) is 7.71. The molecule has 0 N–H and O–H groups in total. The molecule has 0 bridgehead atoms. The Morgan fingerprint density at radius 2 is 1.93 bits per heavy atom. The summed E-state index contributed by atoms with van der Waals surface area (Å²) in [6, 6.07) is 10.3. The van der Waals surface area contributed by atoms with Crippen molar-refractivity contribution in [1.29, 1.82) is 5.26 Å². The minimum Gasteiger partial charge on any atom is -0.207 e. The first-order valence-corrected chi connectivity index (χ1v) is 4.31. The highest BCUT2D eigenvalue weighted by atomic mass is 19.1. The van der Waals surface area contributed by atoms with E-state index in [-0.39, 0.29) is 5.82 Å². The predicted octanol–water partition coefficient (Wildman–Crippen LogP) is 3.16. The van der Waals surface area contributed by atoms with Crippen LogP contribution in [0.2, 0.25) is 0 Å². The number of hydrogen-bond acceptors (Lipinski definition) is 1. The number of aryl methyl sites for hydroxylation is 1. The maximum atomic E-state index is 12.9. The van der Waals surface area contributed by atoms with Gasteiger partial charge in [-0.2, -0.15) is 5.26 Å². The van der Waals surface area contributed by atoms with Crippen LogP contribution in [0, 0.1) is 24.1 Å². The second-order valence-corrected chi connectivity index (χ2v) is 3.27. The van der Waals surface area contributed by atoms with Crippen LogP contribution in [0.15, 0.2) is 30.3 Å². The zero-order chi connectivity index (χ0) is 10.1. The SMILES string of the molecule is Cc1cc2cc(F)ccc2cc1C#N. The van der Waals surface area contributed by atoms with Crippen LogP contribution in [-0.2, 0) is 0 Å². The summed E-state index contributed by atoms with van der Waals surface area (Å²) in [7, 11) is 0. The summed E-state index contributed by atoms with van der Waals surface area (Å²) in [5.74, 6) is -0.249. The highest BCUT2D eigenvalue weighted by molar-refractivity contribution is 5.84. The van der Waals surface area contributed by atoms with E-state index in [1.54, 1.807) is 12.1 Å². The van der Waals surface area contributed by atoms with E-state index >= 15 is 0 Å². The van der Waals surface area contributed by atoms with Crippen LogP contribution in [0.3, 0.4) is 0 Å². The van der Waals surface area contributed by atoms with Gasteiger partial charge in [0.25, 0.3) is 0 Å². The second kappa shape index (κ2) is 3.12. The number of hydrogen-bond donors (Lipinski definition) is 0. The Balaban J connectivity index is 2.81. The summed E-state index contributed by atoms with van der Waals surface area (Å²) >= 11 is 0. The topological polar surface area (TPSA) is 23.8 Å². The fraction of sp³-hybridized carbons (Fsp3) is 0.0833. The molecule has 0 saturated carbocycles. The lowest BCUT2D eigenvalue weighted by Gasteiger charge is -2.01. The summed E-state index contributed by atoms with van der Waals surface area (Å²) in [4.78, 5) is 0. The summed E-state index contributed by atoms with van der Waals surface area (Å²) in [6.45, 7) is 1.85. The van der Waals surface area contributed by atoms with Gasteiger partial charge in [0, 0.05) is 0 Å². The van der Waals surface area contributed by atoms with Crippen molar-refractivity contribution in [1.82, 2.24) is 0 Å². The third kappa shape index (κ3) is 1.33. The molecular weight excluding hydrogens is 177 g/mol. The Bertz CT molecular complexity index is 538. The molecule has 0 aromatic heterocycles. The van der Waals surface area contributed by atoms with E-state index in [1.165, 1.54) is 12.1 Å². The molecule has 0 aliphatic rings. The van der Waals surface area contributed by atoms with Gasteiger partial charge < -0.3 is 0 Å². The van der Waals surface area contributed by atoms with E-state index in [2.05, 4.69) is 6.07 Å². The molecule has 0 fully saturated rings. The van der Waals surface area contributed by atoms with Crippen LogP contribution in [-0.4, -0.2) is 0 Å². The first kappa shape index (κ1) is 8.71. The fourth-order valence-electron chi connectivity index (χ4n) is 1.50. The first-order valence-electron chi connectivity index (χ1n) is 4.31. The molecule has 0 amide bonds. The minimum absolute atomic E-state index is 0.249. The van der Waals surface area contributed by atoms with Crippen molar-refractivity contribution in [2.75, 3.05) is 0 Å². The minimum atomic E-state index is -0.249. The second-order valence-electron chi connectivity index (χ2n) is 3.27. The molecular formula is C12H8FN. The fourth-order valence-corrected chi connectivity index (χ4v) is 1.50. The largest absolute Gasteiger partial charge is 0.207 e. The monoisotopic (exact) mass is 185 g/mol. The lowest BCUT2D eigenvalue weighted by molar-refractivity contribution is 0.630. The summed E-state index contributed by atoms with van der Waals surface area (Å²) in [5, 5.41) is 10.5. The van der Waals surface area contributed by atoms with E-state index in [0.29, 0.717) is 5.56 Å². The zero-order valence-electron chi connectivity index (χ0n) is 7.71. The molecule has 14 heavy (non-hydrogen) atoms. The molecule has 0 heterocycles. The van der Waals surface area contributed by atoms with Gasteiger partial charge in [0.1, 0.15) is 5.82 Å². The van der Waals surface area contributed by atoms with Crippen LogP contribution in [0.5, 0.6) is 0 Å². The van der Waals surface area contributed by atoms with Crippen molar-refractivity contribution >= 4 is 10.8 Å². The molecule has 0 aliphatic heterocycles. The number of fused-ring (bicyclic) bond motifs is 1. The highest BCUT2D eigenvalue weighted by Crippen LogP contribution is 2.20. The van der Waals surface area contributed by atoms with Gasteiger partial charge in [-0.1, -0.05) is 12.1 Å². The van der Waals surface area contributed by atoms with Gasteiger partial charge in [0.15, 0.2) is 0 Å². The maximum absolute atomic E-state index is 12.9. The van der Waals surface area contributed by atoms with E-state index < -0.39 is 0 Å². The molecule has 0 saturated heterocycles. The van der Waals surface area contributed by atoms with E-state index in [1.807, 2.05) is 13.0 Å². The Labute approximate surface area is 81.4 Å². The third-order valence-corrected chi connectivity index (χ3v) is 2.27. The average Bonchev–Trinajstić information content (AvgIpc) is 2.16. The van der Waals surface area contributed by atoms with E-state index in [4.69, 9.17) is 5.26 Å². The number of nitriles is 1. The van der Waals surface area contributed by atoms with Gasteiger partial charge in [-0.3, -0.25) is 0 Å². The molecule has 2 aromatic carbocycles. The van der Waals surface area contributed by atoms with Crippen LogP contribution in [0.4, 0.5) is 4.39 Å². The molecule has 2 aromatic rings. The normalized spacial score (nSPS) is 10.1. The lowest BCUT2D eigenvalue weighted by Crippen LogP contribution is -1.84. The molecule has 0 aliphatic carbocycles. The van der Waals surface area contributed by atoms with Crippen molar-refractivity contribution in [2.45, 2.75) is 6.92 Å². The van der Waals surface area contributed by atoms with Gasteiger partial charge in [-0.15, -0.1) is 0 Å². The molecule has 2 rings (SSSR count). The molecule has 0 spiro atoms. The van der Waals surface area contributed by atoms with Crippen molar-refractivity contribution < 1.29 is 4.39 Å². The number of halogens is 1. The Hall–Kier alpha value is -1.88. The molecule has 0 atom stereocenters. The molecule has 2 heteroatoms. The lowest BCUT2D eigenvalue weighted by atomic mass is 10.0.